The Morgan fingerprint density at radius 2 is 2.00 bits per heavy atom. The van der Waals surface area contributed by atoms with Crippen LogP contribution >= 0.6 is 11.8 Å². The number of furan rings is 1. The zero-order chi connectivity index (χ0) is 17.7. The fourth-order valence-electron chi connectivity index (χ4n) is 3.02. The Bertz CT molecular complexity index is 1330. The number of fused-ring (bicyclic) bond motifs is 4. The first-order valence-electron chi connectivity index (χ1n) is 8.17. The van der Waals surface area contributed by atoms with E-state index in [2.05, 4.69) is 26.0 Å². The van der Waals surface area contributed by atoms with Crippen molar-refractivity contribution >= 4 is 44.9 Å². The second-order valence-electron chi connectivity index (χ2n) is 6.14. The van der Waals surface area contributed by atoms with E-state index in [4.69, 9.17) is 4.42 Å². The molecule has 0 bridgehead atoms. The van der Waals surface area contributed by atoms with E-state index >= 15 is 0 Å². The maximum atomic E-state index is 12.3. The number of aryl methyl sites for hydroxylation is 1. The third-order valence-corrected chi connectivity index (χ3v) is 5.13. The van der Waals surface area contributed by atoms with Gasteiger partial charge in [0.25, 0.3) is 5.56 Å². The maximum Gasteiger partial charge on any atom is 0.294 e. The van der Waals surface area contributed by atoms with E-state index in [9.17, 15) is 4.79 Å². The lowest BCUT2D eigenvalue weighted by Gasteiger charge is -1.98. The summed E-state index contributed by atoms with van der Waals surface area (Å²) >= 11 is 1.50. The predicted octanol–water partition coefficient (Wildman–Crippen LogP) is 4.15. The first-order chi connectivity index (χ1) is 12.7. The number of thioether (sulfide) groups is 1. The molecule has 0 unspecified atom stereocenters. The highest BCUT2D eigenvalue weighted by Crippen LogP contribution is 2.26. The molecular formula is C19H14N4O2S. The molecule has 0 spiro atoms. The Labute approximate surface area is 151 Å². The summed E-state index contributed by atoms with van der Waals surface area (Å²) in [6.45, 7) is 2.05. The summed E-state index contributed by atoms with van der Waals surface area (Å²) in [6, 6.07) is 13.6. The van der Waals surface area contributed by atoms with Gasteiger partial charge in [-0.15, -0.1) is 0 Å². The van der Waals surface area contributed by atoms with E-state index in [0.717, 1.165) is 21.6 Å². The van der Waals surface area contributed by atoms with Crippen molar-refractivity contribution in [3.05, 3.63) is 64.2 Å². The number of benzene rings is 2. The number of para-hydroxylation sites is 1. The Balaban J connectivity index is 1.50. The molecule has 3 heterocycles. The molecule has 0 aliphatic heterocycles. The van der Waals surface area contributed by atoms with Crippen LogP contribution in [0, 0.1) is 6.92 Å². The Morgan fingerprint density at radius 3 is 2.92 bits per heavy atom. The number of H-pyrrole nitrogens is 2. The molecule has 7 heteroatoms. The molecule has 128 valence electrons. The third kappa shape index (κ3) is 2.48. The molecule has 3 aromatic heterocycles. The highest BCUT2D eigenvalue weighted by molar-refractivity contribution is 7.98. The van der Waals surface area contributed by atoms with Gasteiger partial charge in [0.1, 0.15) is 16.9 Å². The smallest absolute Gasteiger partial charge is 0.294 e. The van der Waals surface area contributed by atoms with Crippen molar-refractivity contribution in [1.29, 1.82) is 0 Å². The number of hydrogen-bond acceptors (Lipinski definition) is 5. The predicted molar refractivity (Wildman–Crippen MR) is 103 cm³/mol. The van der Waals surface area contributed by atoms with Gasteiger partial charge in [0, 0.05) is 5.39 Å². The lowest BCUT2D eigenvalue weighted by molar-refractivity contribution is 0.660. The van der Waals surface area contributed by atoms with Crippen molar-refractivity contribution in [1.82, 2.24) is 19.9 Å². The van der Waals surface area contributed by atoms with Gasteiger partial charge >= 0.3 is 0 Å². The molecule has 26 heavy (non-hydrogen) atoms. The number of aromatic nitrogens is 4. The summed E-state index contributed by atoms with van der Waals surface area (Å²) in [5, 5.41) is 1.64. The molecule has 5 rings (SSSR count). The lowest BCUT2D eigenvalue weighted by atomic mass is 10.2. The highest BCUT2D eigenvalue weighted by atomic mass is 32.2. The zero-order valence-electron chi connectivity index (χ0n) is 13.9. The van der Waals surface area contributed by atoms with Crippen molar-refractivity contribution in [2.45, 2.75) is 17.8 Å². The van der Waals surface area contributed by atoms with Crippen LogP contribution in [0.15, 0.2) is 56.8 Å². The van der Waals surface area contributed by atoms with Crippen LogP contribution in [0.5, 0.6) is 0 Å². The van der Waals surface area contributed by atoms with Crippen molar-refractivity contribution in [2.75, 3.05) is 0 Å². The quantitative estimate of drug-likeness (QED) is 0.471. The summed E-state index contributed by atoms with van der Waals surface area (Å²) in [4.78, 5) is 27.6. The van der Waals surface area contributed by atoms with Crippen molar-refractivity contribution in [3.63, 3.8) is 0 Å². The monoisotopic (exact) mass is 362 g/mol. The molecule has 0 saturated carbocycles. The highest BCUT2D eigenvalue weighted by Gasteiger charge is 2.13. The lowest BCUT2D eigenvalue weighted by Crippen LogP contribution is -2.10. The van der Waals surface area contributed by atoms with Crippen LogP contribution in [0.3, 0.4) is 0 Å². The van der Waals surface area contributed by atoms with Crippen LogP contribution in [0.4, 0.5) is 0 Å². The fourth-order valence-corrected chi connectivity index (χ4v) is 3.78. The summed E-state index contributed by atoms with van der Waals surface area (Å²) in [5.41, 5.74) is 4.38. The van der Waals surface area contributed by atoms with Crippen LogP contribution in [-0.4, -0.2) is 19.9 Å². The van der Waals surface area contributed by atoms with E-state index < -0.39 is 0 Å². The molecule has 0 atom stereocenters. The second kappa shape index (κ2) is 5.74. The molecule has 0 radical (unpaired) electrons. The molecule has 0 fully saturated rings. The molecule has 0 saturated heterocycles. The molecule has 2 aromatic carbocycles. The van der Waals surface area contributed by atoms with E-state index in [-0.39, 0.29) is 11.1 Å². The van der Waals surface area contributed by atoms with Gasteiger partial charge in [-0.25, -0.2) is 9.97 Å². The molecule has 5 aromatic rings. The average Bonchev–Trinajstić information content (AvgIpc) is 3.21. The Morgan fingerprint density at radius 1 is 1.12 bits per heavy atom. The molecule has 0 aliphatic rings. The van der Waals surface area contributed by atoms with Gasteiger partial charge in [-0.3, -0.25) is 4.79 Å². The summed E-state index contributed by atoms with van der Waals surface area (Å²) in [7, 11) is 0. The number of nitrogens with one attached hydrogen (secondary N) is 2. The molecule has 0 aliphatic carbocycles. The van der Waals surface area contributed by atoms with Gasteiger partial charge in [0.2, 0.25) is 5.58 Å². The van der Waals surface area contributed by atoms with E-state index in [0.29, 0.717) is 22.7 Å². The SMILES string of the molecule is Cc1ccc2nc(SCc3nc4c(oc5ccccc54)c(=O)[nH]3)[nH]c2c1. The van der Waals surface area contributed by atoms with Crippen LogP contribution in [0.1, 0.15) is 11.4 Å². The van der Waals surface area contributed by atoms with Gasteiger partial charge in [-0.2, -0.15) is 0 Å². The minimum atomic E-state index is -0.262. The van der Waals surface area contributed by atoms with Crippen LogP contribution < -0.4 is 5.56 Å². The number of rotatable bonds is 3. The van der Waals surface area contributed by atoms with Crippen molar-refractivity contribution < 1.29 is 4.42 Å². The van der Waals surface area contributed by atoms with E-state index in [1.54, 1.807) is 0 Å². The van der Waals surface area contributed by atoms with Gasteiger partial charge < -0.3 is 14.4 Å². The van der Waals surface area contributed by atoms with E-state index in [1.165, 1.54) is 17.3 Å². The van der Waals surface area contributed by atoms with Crippen LogP contribution in [0.25, 0.3) is 33.1 Å². The topological polar surface area (TPSA) is 87.6 Å². The Kier molecular flexibility index (Phi) is 3.36. The van der Waals surface area contributed by atoms with Gasteiger partial charge in [-0.1, -0.05) is 30.0 Å². The normalized spacial score (nSPS) is 11.7. The van der Waals surface area contributed by atoms with Gasteiger partial charge in [-0.05, 0) is 36.8 Å². The average molecular weight is 362 g/mol. The fraction of sp³-hybridized carbons (Fsp3) is 0.105. The summed E-state index contributed by atoms with van der Waals surface area (Å²) < 4.78 is 5.62. The molecule has 6 nitrogen and oxygen atoms in total. The minimum absolute atomic E-state index is 0.262. The first-order valence-corrected chi connectivity index (χ1v) is 9.15. The second-order valence-corrected chi connectivity index (χ2v) is 7.10. The number of imidazole rings is 1. The number of nitrogens with zero attached hydrogens (tertiary/aromatic N) is 2. The Hall–Kier alpha value is -3.06. The minimum Gasteiger partial charge on any atom is -0.449 e. The molecule has 2 N–H and O–H groups in total. The van der Waals surface area contributed by atoms with Crippen LogP contribution in [-0.2, 0) is 5.75 Å². The third-order valence-electron chi connectivity index (χ3n) is 4.24. The molecule has 0 amide bonds. The van der Waals surface area contributed by atoms with Gasteiger partial charge in [0.15, 0.2) is 5.16 Å². The largest absolute Gasteiger partial charge is 0.449 e. The van der Waals surface area contributed by atoms with Crippen molar-refractivity contribution in [3.8, 4) is 0 Å². The number of hydrogen-bond donors (Lipinski definition) is 2. The number of aromatic amines is 2. The zero-order valence-corrected chi connectivity index (χ0v) is 14.7. The van der Waals surface area contributed by atoms with Gasteiger partial charge in [0.05, 0.1) is 16.8 Å². The summed E-state index contributed by atoms with van der Waals surface area (Å²) in [5.74, 6) is 1.10. The summed E-state index contributed by atoms with van der Waals surface area (Å²) in [6.07, 6.45) is 0. The van der Waals surface area contributed by atoms with Crippen LogP contribution in [0.2, 0.25) is 0 Å². The maximum absolute atomic E-state index is 12.3. The van der Waals surface area contributed by atoms with Crippen molar-refractivity contribution in [2.24, 2.45) is 0 Å². The first kappa shape index (κ1) is 15.2. The molecular weight excluding hydrogens is 348 g/mol. The standard InChI is InChI=1S/C19H14N4O2S/c1-10-6-7-12-13(8-10)21-19(20-12)26-9-15-22-16-11-4-2-3-5-14(11)25-17(16)18(24)23-15/h2-8H,9H2,1H3,(H,20,21)(H,22,23,24). The van der Waals surface area contributed by atoms with E-state index in [1.807, 2.05) is 43.3 Å².